The molecule has 6 nitrogen and oxygen atoms in total. The Morgan fingerprint density at radius 2 is 2.06 bits per heavy atom. The Morgan fingerprint density at radius 3 is 2.65 bits per heavy atom. The molecule has 1 fully saturated rings. The van der Waals surface area contributed by atoms with Crippen LogP contribution in [0.3, 0.4) is 0 Å². The summed E-state index contributed by atoms with van der Waals surface area (Å²) < 4.78 is 4.52. The van der Waals surface area contributed by atoms with Gasteiger partial charge in [-0.2, -0.15) is 0 Å². The first-order valence-corrected chi connectivity index (χ1v) is 5.94. The third-order valence-electron chi connectivity index (χ3n) is 3.00. The van der Waals surface area contributed by atoms with Crippen LogP contribution >= 0.6 is 0 Å². The van der Waals surface area contributed by atoms with Crippen molar-refractivity contribution in [1.29, 1.82) is 0 Å². The number of primary amides is 1. The van der Waals surface area contributed by atoms with Crippen LogP contribution in [0.15, 0.2) is 0 Å². The Hall–Kier alpha value is -1.30. The monoisotopic (exact) mass is 243 g/mol. The van der Waals surface area contributed by atoms with Crippen LogP contribution in [0.5, 0.6) is 0 Å². The van der Waals surface area contributed by atoms with Crippen molar-refractivity contribution < 1.29 is 14.3 Å². The Bertz CT molecular complexity index is 273. The number of carbonyl (C=O) groups is 2. The molecule has 1 rings (SSSR count). The van der Waals surface area contributed by atoms with E-state index in [0.717, 1.165) is 19.3 Å². The summed E-state index contributed by atoms with van der Waals surface area (Å²) in [5.74, 6) is 0.443. The third kappa shape index (κ3) is 5.04. The number of hydrogen-bond acceptors (Lipinski definition) is 4. The highest BCUT2D eigenvalue weighted by atomic mass is 16.5. The van der Waals surface area contributed by atoms with Gasteiger partial charge in [0.05, 0.1) is 6.54 Å². The summed E-state index contributed by atoms with van der Waals surface area (Å²) in [7, 11) is 0. The molecule has 0 spiro atoms. The molecular formula is C11H21N3O3. The minimum Gasteiger partial charge on any atom is -0.448 e. The molecule has 3 atom stereocenters. The second-order valence-electron chi connectivity index (χ2n) is 4.73. The van der Waals surface area contributed by atoms with Crippen molar-refractivity contribution in [2.45, 2.75) is 32.2 Å². The fourth-order valence-corrected chi connectivity index (χ4v) is 2.34. The normalized spacial score (nSPS) is 28.5. The highest BCUT2D eigenvalue weighted by Gasteiger charge is 2.28. The predicted molar refractivity (Wildman–Crippen MR) is 63.0 cm³/mol. The molecule has 0 heterocycles. The van der Waals surface area contributed by atoms with Gasteiger partial charge in [0.1, 0.15) is 6.61 Å². The van der Waals surface area contributed by atoms with Gasteiger partial charge < -0.3 is 21.5 Å². The second kappa shape index (κ2) is 6.44. The van der Waals surface area contributed by atoms with E-state index in [-0.39, 0.29) is 24.5 Å². The molecule has 1 saturated carbocycles. The fraction of sp³-hybridized carbons (Fsp3) is 0.818. The first-order chi connectivity index (χ1) is 7.99. The Morgan fingerprint density at radius 1 is 1.35 bits per heavy atom. The van der Waals surface area contributed by atoms with Crippen LogP contribution in [-0.2, 0) is 9.53 Å². The maximum atomic E-state index is 11.8. The van der Waals surface area contributed by atoms with E-state index in [2.05, 4.69) is 17.0 Å². The van der Waals surface area contributed by atoms with Gasteiger partial charge in [0.15, 0.2) is 0 Å². The third-order valence-corrected chi connectivity index (χ3v) is 3.00. The molecule has 3 unspecified atom stereocenters. The molecule has 2 amide bonds. The van der Waals surface area contributed by atoms with Crippen LogP contribution in [0, 0.1) is 11.8 Å². The van der Waals surface area contributed by atoms with E-state index in [0.29, 0.717) is 12.5 Å². The number of nitrogens with two attached hydrogens (primary N) is 2. The highest BCUT2D eigenvalue weighted by molar-refractivity contribution is 5.78. The SMILES string of the molecule is CC1CC(N)CC(C(=O)NCCOC(N)=O)C1. The number of hydrogen-bond donors (Lipinski definition) is 3. The minimum atomic E-state index is -0.826. The Labute approximate surface area is 101 Å². The summed E-state index contributed by atoms with van der Waals surface area (Å²) in [4.78, 5) is 22.1. The van der Waals surface area contributed by atoms with Crippen molar-refractivity contribution in [3.8, 4) is 0 Å². The predicted octanol–water partition coefficient (Wildman–Crippen LogP) is -0.0386. The van der Waals surface area contributed by atoms with Crippen LogP contribution < -0.4 is 16.8 Å². The van der Waals surface area contributed by atoms with E-state index >= 15 is 0 Å². The number of carbonyl (C=O) groups excluding carboxylic acids is 2. The van der Waals surface area contributed by atoms with Gasteiger partial charge in [-0.3, -0.25) is 4.79 Å². The summed E-state index contributed by atoms with van der Waals surface area (Å²) in [6, 6.07) is 0.108. The maximum Gasteiger partial charge on any atom is 0.404 e. The average Bonchev–Trinajstić information content (AvgIpc) is 2.22. The summed E-state index contributed by atoms with van der Waals surface area (Å²) in [6.45, 7) is 2.51. The van der Waals surface area contributed by atoms with E-state index in [1.807, 2.05) is 0 Å². The first kappa shape index (κ1) is 13.8. The number of rotatable bonds is 4. The van der Waals surface area contributed by atoms with Crippen LogP contribution in [0.2, 0.25) is 0 Å². The zero-order valence-electron chi connectivity index (χ0n) is 10.1. The molecule has 1 aliphatic rings. The molecule has 98 valence electrons. The van der Waals surface area contributed by atoms with Crippen molar-refractivity contribution in [2.75, 3.05) is 13.2 Å². The lowest BCUT2D eigenvalue weighted by Crippen LogP contribution is -2.41. The van der Waals surface area contributed by atoms with E-state index < -0.39 is 6.09 Å². The summed E-state index contributed by atoms with van der Waals surface area (Å²) in [6.07, 6.45) is 1.75. The van der Waals surface area contributed by atoms with Crippen LogP contribution in [0.25, 0.3) is 0 Å². The van der Waals surface area contributed by atoms with Gasteiger partial charge in [0.25, 0.3) is 0 Å². The zero-order valence-corrected chi connectivity index (χ0v) is 10.1. The summed E-state index contributed by atoms with van der Waals surface area (Å²) in [5, 5.41) is 2.72. The van der Waals surface area contributed by atoms with Gasteiger partial charge in [-0.1, -0.05) is 6.92 Å². The topological polar surface area (TPSA) is 107 Å². The number of ether oxygens (including phenoxy) is 1. The molecule has 1 aliphatic carbocycles. The van der Waals surface area contributed by atoms with Crippen molar-refractivity contribution in [1.82, 2.24) is 5.32 Å². The van der Waals surface area contributed by atoms with Crippen molar-refractivity contribution in [3.05, 3.63) is 0 Å². The van der Waals surface area contributed by atoms with Crippen LogP contribution in [0.1, 0.15) is 26.2 Å². The van der Waals surface area contributed by atoms with Gasteiger partial charge in [0.2, 0.25) is 5.91 Å². The molecule has 0 radical (unpaired) electrons. The Balaban J connectivity index is 2.24. The van der Waals surface area contributed by atoms with Gasteiger partial charge >= 0.3 is 6.09 Å². The van der Waals surface area contributed by atoms with Gasteiger partial charge in [-0.05, 0) is 25.2 Å². The maximum absolute atomic E-state index is 11.8. The quantitative estimate of drug-likeness (QED) is 0.602. The number of nitrogens with one attached hydrogen (secondary N) is 1. The summed E-state index contributed by atoms with van der Waals surface area (Å²) in [5.41, 5.74) is 10.7. The molecule has 0 aromatic carbocycles. The van der Waals surface area contributed by atoms with E-state index in [4.69, 9.17) is 11.5 Å². The Kier molecular flexibility index (Phi) is 5.21. The molecule has 0 aromatic rings. The largest absolute Gasteiger partial charge is 0.448 e. The van der Waals surface area contributed by atoms with E-state index in [9.17, 15) is 9.59 Å². The average molecular weight is 243 g/mol. The molecule has 6 heteroatoms. The standard InChI is InChI=1S/C11H21N3O3/c1-7-4-8(6-9(12)5-7)10(15)14-2-3-17-11(13)16/h7-9H,2-6,12H2,1H3,(H2,13,16)(H,14,15). The van der Waals surface area contributed by atoms with E-state index in [1.165, 1.54) is 0 Å². The first-order valence-electron chi connectivity index (χ1n) is 5.94. The van der Waals surface area contributed by atoms with Gasteiger partial charge in [0, 0.05) is 12.0 Å². The molecule has 0 aromatic heterocycles. The van der Waals surface area contributed by atoms with Crippen molar-refractivity contribution in [2.24, 2.45) is 23.3 Å². The molecule has 5 N–H and O–H groups in total. The number of amides is 2. The molecule has 0 aliphatic heterocycles. The molecule has 0 saturated heterocycles. The zero-order chi connectivity index (χ0) is 12.8. The van der Waals surface area contributed by atoms with Crippen molar-refractivity contribution >= 4 is 12.0 Å². The second-order valence-corrected chi connectivity index (χ2v) is 4.73. The van der Waals surface area contributed by atoms with E-state index in [1.54, 1.807) is 0 Å². The lowest BCUT2D eigenvalue weighted by atomic mass is 9.79. The smallest absolute Gasteiger partial charge is 0.404 e. The van der Waals surface area contributed by atoms with Gasteiger partial charge in [-0.15, -0.1) is 0 Å². The minimum absolute atomic E-state index is 0.0138. The highest BCUT2D eigenvalue weighted by Crippen LogP contribution is 2.27. The van der Waals surface area contributed by atoms with Crippen LogP contribution in [-0.4, -0.2) is 31.2 Å². The lowest BCUT2D eigenvalue weighted by Gasteiger charge is -2.30. The summed E-state index contributed by atoms with van der Waals surface area (Å²) >= 11 is 0. The molecule has 17 heavy (non-hydrogen) atoms. The van der Waals surface area contributed by atoms with Gasteiger partial charge in [-0.25, -0.2) is 4.79 Å². The van der Waals surface area contributed by atoms with Crippen molar-refractivity contribution in [3.63, 3.8) is 0 Å². The lowest BCUT2D eigenvalue weighted by molar-refractivity contribution is -0.126. The van der Waals surface area contributed by atoms with Crippen LogP contribution in [0.4, 0.5) is 4.79 Å². The fourth-order valence-electron chi connectivity index (χ4n) is 2.34. The molecule has 0 bridgehead atoms. The molecular weight excluding hydrogens is 222 g/mol.